The molecule has 0 saturated carbocycles. The molecule has 0 radical (unpaired) electrons. The lowest BCUT2D eigenvalue weighted by Gasteiger charge is -2.17. The Hall–Kier alpha value is -3.60. The quantitative estimate of drug-likeness (QED) is 0.553. The summed E-state index contributed by atoms with van der Waals surface area (Å²) in [5.74, 6) is -0.176. The number of fused-ring (bicyclic) bond motifs is 1. The van der Waals surface area contributed by atoms with Crippen LogP contribution in [-0.4, -0.2) is 17.2 Å². The predicted octanol–water partition coefficient (Wildman–Crippen LogP) is 3.68. The number of anilines is 1. The second kappa shape index (κ2) is 7.33. The number of benzene rings is 3. The Morgan fingerprint density at radius 1 is 0.926 bits per heavy atom. The van der Waals surface area contributed by atoms with E-state index in [1.54, 1.807) is 36.4 Å². The smallest absolute Gasteiger partial charge is 0.271 e. The van der Waals surface area contributed by atoms with Gasteiger partial charge in [0.2, 0.25) is 0 Å². The first kappa shape index (κ1) is 16.8. The zero-order valence-corrected chi connectivity index (χ0v) is 14.7. The minimum absolute atomic E-state index is 0.117. The van der Waals surface area contributed by atoms with Gasteiger partial charge in [-0.2, -0.15) is 5.10 Å². The molecule has 0 fully saturated rings. The first-order valence-corrected chi connectivity index (χ1v) is 8.74. The third kappa shape index (κ3) is 3.67. The number of hydrazone groups is 1. The van der Waals surface area contributed by atoms with Gasteiger partial charge in [-0.25, -0.2) is 5.43 Å². The Kier molecular flexibility index (Phi) is 4.58. The van der Waals surface area contributed by atoms with Gasteiger partial charge in [-0.1, -0.05) is 36.4 Å². The summed E-state index contributed by atoms with van der Waals surface area (Å²) in [6.07, 6.45) is 1.42. The van der Waals surface area contributed by atoms with Crippen molar-refractivity contribution in [3.8, 4) is 5.75 Å². The van der Waals surface area contributed by atoms with Crippen LogP contribution in [0.15, 0.2) is 77.9 Å². The molecule has 27 heavy (non-hydrogen) atoms. The fourth-order valence-electron chi connectivity index (χ4n) is 3.16. The van der Waals surface area contributed by atoms with E-state index in [4.69, 9.17) is 0 Å². The zero-order chi connectivity index (χ0) is 18.6. The van der Waals surface area contributed by atoms with Crippen LogP contribution in [0.3, 0.4) is 0 Å². The lowest BCUT2D eigenvalue weighted by atomic mass is 10.1. The van der Waals surface area contributed by atoms with Gasteiger partial charge in [-0.05, 0) is 47.5 Å². The van der Waals surface area contributed by atoms with Crippen molar-refractivity contribution >= 4 is 17.8 Å². The van der Waals surface area contributed by atoms with E-state index in [9.17, 15) is 9.90 Å². The molecule has 1 heterocycles. The van der Waals surface area contributed by atoms with Gasteiger partial charge >= 0.3 is 0 Å². The van der Waals surface area contributed by atoms with Crippen LogP contribution in [0, 0.1) is 0 Å². The largest absolute Gasteiger partial charge is 0.507 e. The van der Waals surface area contributed by atoms with E-state index in [-0.39, 0.29) is 11.7 Å². The Balaban J connectivity index is 1.39. The fourth-order valence-corrected chi connectivity index (χ4v) is 3.16. The summed E-state index contributed by atoms with van der Waals surface area (Å²) in [6.45, 7) is 1.76. The number of phenols is 1. The van der Waals surface area contributed by atoms with Crippen LogP contribution in [-0.2, 0) is 13.1 Å². The number of nitrogens with one attached hydrogen (secondary N) is 1. The van der Waals surface area contributed by atoms with Crippen LogP contribution >= 0.6 is 0 Å². The Morgan fingerprint density at radius 2 is 1.56 bits per heavy atom. The van der Waals surface area contributed by atoms with Crippen molar-refractivity contribution in [2.24, 2.45) is 5.10 Å². The molecule has 1 aliphatic rings. The molecule has 0 aromatic heterocycles. The standard InChI is InChI=1S/C22H19N3O2/c26-21-8-4-3-5-17(21)13-23-24-22(27)16-9-11-20(12-10-16)25-14-18-6-1-2-7-19(18)15-25/h1-13,26H,14-15H2,(H,24,27)/b23-13+. The van der Waals surface area contributed by atoms with Crippen molar-refractivity contribution in [1.82, 2.24) is 5.43 Å². The molecule has 1 aliphatic heterocycles. The highest BCUT2D eigenvalue weighted by atomic mass is 16.3. The molecule has 0 spiro atoms. The molecule has 3 aromatic carbocycles. The van der Waals surface area contributed by atoms with Gasteiger partial charge in [0, 0.05) is 29.9 Å². The average Bonchev–Trinajstić information content (AvgIpc) is 3.14. The van der Waals surface area contributed by atoms with E-state index in [0.29, 0.717) is 11.1 Å². The van der Waals surface area contributed by atoms with Crippen LogP contribution in [0.25, 0.3) is 0 Å². The summed E-state index contributed by atoms with van der Waals surface area (Å²) in [4.78, 5) is 14.5. The van der Waals surface area contributed by atoms with Gasteiger partial charge in [-0.15, -0.1) is 0 Å². The van der Waals surface area contributed by atoms with Crippen molar-refractivity contribution in [2.75, 3.05) is 4.90 Å². The maximum atomic E-state index is 12.2. The van der Waals surface area contributed by atoms with E-state index >= 15 is 0 Å². The summed E-state index contributed by atoms with van der Waals surface area (Å²) in [5, 5.41) is 13.6. The van der Waals surface area contributed by atoms with E-state index in [2.05, 4.69) is 39.7 Å². The number of nitrogens with zero attached hydrogens (tertiary/aromatic N) is 2. The Morgan fingerprint density at radius 3 is 2.22 bits per heavy atom. The van der Waals surface area contributed by atoms with Gasteiger partial charge in [0.1, 0.15) is 5.75 Å². The number of carbonyl (C=O) groups is 1. The number of rotatable bonds is 4. The molecule has 134 valence electrons. The monoisotopic (exact) mass is 357 g/mol. The van der Waals surface area contributed by atoms with E-state index < -0.39 is 0 Å². The third-order valence-corrected chi connectivity index (χ3v) is 4.64. The van der Waals surface area contributed by atoms with Crippen LogP contribution in [0.4, 0.5) is 5.69 Å². The molecule has 0 unspecified atom stereocenters. The Labute approximate surface area is 157 Å². The third-order valence-electron chi connectivity index (χ3n) is 4.64. The lowest BCUT2D eigenvalue weighted by molar-refractivity contribution is 0.0955. The minimum Gasteiger partial charge on any atom is -0.507 e. The predicted molar refractivity (Wildman–Crippen MR) is 106 cm³/mol. The molecule has 0 saturated heterocycles. The fraction of sp³-hybridized carbons (Fsp3) is 0.0909. The number of amides is 1. The average molecular weight is 357 g/mol. The second-order valence-corrected chi connectivity index (χ2v) is 6.43. The molecule has 0 atom stereocenters. The molecule has 2 N–H and O–H groups in total. The molecular weight excluding hydrogens is 338 g/mol. The van der Waals surface area contributed by atoms with Crippen LogP contribution in [0.5, 0.6) is 5.75 Å². The molecule has 5 heteroatoms. The van der Waals surface area contributed by atoms with Gasteiger partial charge in [-0.3, -0.25) is 4.79 Å². The van der Waals surface area contributed by atoms with Crippen molar-refractivity contribution in [3.05, 3.63) is 95.1 Å². The van der Waals surface area contributed by atoms with Gasteiger partial charge in [0.25, 0.3) is 5.91 Å². The van der Waals surface area contributed by atoms with Gasteiger partial charge in [0.15, 0.2) is 0 Å². The Bertz CT molecular complexity index is 971. The molecule has 0 bridgehead atoms. The molecular formula is C22H19N3O2. The van der Waals surface area contributed by atoms with Gasteiger partial charge in [0.05, 0.1) is 6.21 Å². The zero-order valence-electron chi connectivity index (χ0n) is 14.7. The summed E-state index contributed by atoms with van der Waals surface area (Å²) < 4.78 is 0. The van der Waals surface area contributed by atoms with E-state index in [1.807, 2.05) is 12.1 Å². The number of phenolic OH excluding ortho intramolecular Hbond substituents is 1. The lowest BCUT2D eigenvalue weighted by Crippen LogP contribution is -2.18. The number of carbonyl (C=O) groups excluding carboxylic acids is 1. The van der Waals surface area contributed by atoms with Crippen LogP contribution in [0.1, 0.15) is 27.0 Å². The molecule has 0 aliphatic carbocycles. The summed E-state index contributed by atoms with van der Waals surface area (Å²) >= 11 is 0. The highest BCUT2D eigenvalue weighted by Crippen LogP contribution is 2.28. The van der Waals surface area contributed by atoms with Crippen molar-refractivity contribution in [1.29, 1.82) is 0 Å². The maximum Gasteiger partial charge on any atom is 0.271 e. The first-order chi connectivity index (χ1) is 13.2. The van der Waals surface area contributed by atoms with Gasteiger partial charge < -0.3 is 10.0 Å². The van der Waals surface area contributed by atoms with E-state index in [1.165, 1.54) is 17.3 Å². The first-order valence-electron chi connectivity index (χ1n) is 8.74. The number of aromatic hydroxyl groups is 1. The van der Waals surface area contributed by atoms with E-state index in [0.717, 1.165) is 18.8 Å². The highest BCUT2D eigenvalue weighted by molar-refractivity contribution is 5.95. The molecule has 1 amide bonds. The summed E-state index contributed by atoms with van der Waals surface area (Å²) in [7, 11) is 0. The van der Waals surface area contributed by atoms with Crippen LogP contribution in [0.2, 0.25) is 0 Å². The normalized spacial score (nSPS) is 13.0. The minimum atomic E-state index is -0.294. The maximum absolute atomic E-state index is 12.2. The number of para-hydroxylation sites is 1. The highest BCUT2D eigenvalue weighted by Gasteiger charge is 2.18. The number of hydrogen-bond acceptors (Lipinski definition) is 4. The van der Waals surface area contributed by atoms with Crippen molar-refractivity contribution in [3.63, 3.8) is 0 Å². The molecule has 4 rings (SSSR count). The summed E-state index contributed by atoms with van der Waals surface area (Å²) in [5.41, 5.74) is 7.33. The van der Waals surface area contributed by atoms with Crippen LogP contribution < -0.4 is 10.3 Å². The SMILES string of the molecule is O=C(N/N=C/c1ccccc1O)c1ccc(N2Cc3ccccc3C2)cc1. The summed E-state index contributed by atoms with van der Waals surface area (Å²) in [6, 6.07) is 22.7. The molecule has 5 nitrogen and oxygen atoms in total. The van der Waals surface area contributed by atoms with Crippen molar-refractivity contribution in [2.45, 2.75) is 13.1 Å². The van der Waals surface area contributed by atoms with Crippen molar-refractivity contribution < 1.29 is 9.90 Å². The molecule has 3 aromatic rings. The number of hydrogen-bond donors (Lipinski definition) is 2. The second-order valence-electron chi connectivity index (χ2n) is 6.43. The topological polar surface area (TPSA) is 64.9 Å².